The van der Waals surface area contributed by atoms with E-state index in [0.29, 0.717) is 30.6 Å². The molecule has 5 nitrogen and oxygen atoms in total. The Hall–Kier alpha value is -2.65. The van der Waals surface area contributed by atoms with Crippen LogP contribution in [-0.2, 0) is 16.1 Å². The number of nitrogens with zero attached hydrogens (tertiary/aromatic N) is 1. The van der Waals surface area contributed by atoms with Crippen LogP contribution in [0.5, 0.6) is 11.5 Å². The fourth-order valence-corrected chi connectivity index (χ4v) is 3.81. The van der Waals surface area contributed by atoms with Crippen molar-refractivity contribution in [2.45, 2.75) is 13.5 Å². The summed E-state index contributed by atoms with van der Waals surface area (Å²) < 4.78 is 19.2. The fraction of sp³-hybridized carbons (Fsp3) is 0.120. The van der Waals surface area contributed by atoms with Crippen LogP contribution in [0.2, 0.25) is 0 Å². The molecule has 0 bridgehead atoms. The molecule has 0 unspecified atom stereocenters. The first-order valence-corrected chi connectivity index (χ1v) is 11.8. The lowest BCUT2D eigenvalue weighted by atomic mass is 10.1. The summed E-state index contributed by atoms with van der Waals surface area (Å²) in [7, 11) is 0. The second-order valence-corrected chi connectivity index (χ2v) is 8.96. The molecular formula is C25H19BrINO4. The summed E-state index contributed by atoms with van der Waals surface area (Å²) in [6.07, 6.45) is 1.68. The molecule has 4 rings (SSSR count). The van der Waals surface area contributed by atoms with E-state index in [4.69, 9.17) is 14.2 Å². The van der Waals surface area contributed by atoms with Crippen molar-refractivity contribution >= 4 is 56.5 Å². The average Bonchev–Trinajstić information content (AvgIpc) is 3.15. The number of rotatable bonds is 7. The minimum absolute atomic E-state index is 0.239. The molecule has 0 aliphatic carbocycles. The standard InChI is InChI=1S/C25H19BrINO4/c1-2-30-23-14-16(7-12-22(23)31-15-18-5-3-4-6-20(18)26)13-21-25(29)32-24(28-21)17-8-10-19(27)11-9-17/h3-14H,2,15H2,1H3/b21-13-. The first-order chi connectivity index (χ1) is 15.5. The van der Waals surface area contributed by atoms with Gasteiger partial charge in [0.15, 0.2) is 17.2 Å². The molecule has 7 heteroatoms. The molecule has 0 atom stereocenters. The quantitative estimate of drug-likeness (QED) is 0.179. The number of hydrogen-bond donors (Lipinski definition) is 0. The number of benzene rings is 3. The number of carbonyl (C=O) groups is 1. The number of cyclic esters (lactones) is 1. The second-order valence-electron chi connectivity index (χ2n) is 6.86. The molecule has 0 fully saturated rings. The van der Waals surface area contributed by atoms with Crippen molar-refractivity contribution < 1.29 is 19.0 Å². The zero-order valence-electron chi connectivity index (χ0n) is 17.2. The van der Waals surface area contributed by atoms with Gasteiger partial charge in [0.05, 0.1) is 6.61 Å². The zero-order chi connectivity index (χ0) is 22.5. The molecule has 32 heavy (non-hydrogen) atoms. The minimum Gasteiger partial charge on any atom is -0.490 e. The van der Waals surface area contributed by atoms with E-state index in [2.05, 4.69) is 43.5 Å². The highest BCUT2D eigenvalue weighted by molar-refractivity contribution is 14.1. The fourth-order valence-electron chi connectivity index (χ4n) is 3.06. The first-order valence-electron chi connectivity index (χ1n) is 9.95. The molecule has 3 aromatic carbocycles. The number of carbonyl (C=O) groups excluding carboxylic acids is 1. The van der Waals surface area contributed by atoms with Crippen molar-refractivity contribution in [3.05, 3.63) is 97.2 Å². The van der Waals surface area contributed by atoms with Gasteiger partial charge < -0.3 is 14.2 Å². The number of ether oxygens (including phenoxy) is 3. The molecule has 0 aromatic heterocycles. The predicted molar refractivity (Wildman–Crippen MR) is 136 cm³/mol. The maximum atomic E-state index is 12.3. The van der Waals surface area contributed by atoms with Crippen LogP contribution in [0.4, 0.5) is 0 Å². The van der Waals surface area contributed by atoms with E-state index in [-0.39, 0.29) is 5.70 Å². The van der Waals surface area contributed by atoms with Gasteiger partial charge in [0.2, 0.25) is 5.90 Å². The van der Waals surface area contributed by atoms with Crippen LogP contribution in [-0.4, -0.2) is 18.5 Å². The summed E-state index contributed by atoms with van der Waals surface area (Å²) >= 11 is 5.76. The summed E-state index contributed by atoms with van der Waals surface area (Å²) in [6, 6.07) is 21.1. The van der Waals surface area contributed by atoms with Gasteiger partial charge in [-0.15, -0.1) is 0 Å². The Kier molecular flexibility index (Phi) is 7.26. The van der Waals surface area contributed by atoms with Gasteiger partial charge in [-0.25, -0.2) is 9.79 Å². The molecule has 1 heterocycles. The molecule has 0 spiro atoms. The highest BCUT2D eigenvalue weighted by Gasteiger charge is 2.24. The summed E-state index contributed by atoms with van der Waals surface area (Å²) in [5, 5.41) is 0. The maximum absolute atomic E-state index is 12.3. The van der Waals surface area contributed by atoms with E-state index in [1.165, 1.54) is 0 Å². The summed E-state index contributed by atoms with van der Waals surface area (Å²) in [4.78, 5) is 16.7. The maximum Gasteiger partial charge on any atom is 0.363 e. The molecule has 0 saturated heterocycles. The molecular weight excluding hydrogens is 585 g/mol. The Labute approximate surface area is 208 Å². The van der Waals surface area contributed by atoms with Gasteiger partial charge in [0, 0.05) is 19.2 Å². The Morgan fingerprint density at radius 3 is 2.56 bits per heavy atom. The molecule has 1 aliphatic rings. The highest BCUT2D eigenvalue weighted by Crippen LogP contribution is 2.31. The van der Waals surface area contributed by atoms with E-state index < -0.39 is 5.97 Å². The van der Waals surface area contributed by atoms with E-state index in [1.807, 2.05) is 73.7 Å². The molecule has 1 aliphatic heterocycles. The van der Waals surface area contributed by atoms with Gasteiger partial charge in [-0.05, 0) is 83.6 Å². The van der Waals surface area contributed by atoms with Crippen LogP contribution < -0.4 is 9.47 Å². The lowest BCUT2D eigenvalue weighted by Gasteiger charge is -2.13. The third-order valence-corrected chi connectivity index (χ3v) is 6.12. The third-order valence-electron chi connectivity index (χ3n) is 4.62. The molecule has 0 saturated carbocycles. The summed E-state index contributed by atoms with van der Waals surface area (Å²) in [6.45, 7) is 2.80. The van der Waals surface area contributed by atoms with Crippen molar-refractivity contribution in [1.82, 2.24) is 0 Å². The topological polar surface area (TPSA) is 57.1 Å². The van der Waals surface area contributed by atoms with Crippen LogP contribution >= 0.6 is 38.5 Å². The largest absolute Gasteiger partial charge is 0.490 e. The first kappa shape index (κ1) is 22.5. The molecule has 3 aromatic rings. The monoisotopic (exact) mass is 603 g/mol. The highest BCUT2D eigenvalue weighted by atomic mass is 127. The van der Waals surface area contributed by atoms with Crippen molar-refractivity contribution in [2.75, 3.05) is 6.61 Å². The Morgan fingerprint density at radius 1 is 1.03 bits per heavy atom. The number of aliphatic imine (C=N–C) groups is 1. The Balaban J connectivity index is 1.56. The molecule has 162 valence electrons. The van der Waals surface area contributed by atoms with Crippen LogP contribution in [0.15, 0.2) is 81.9 Å². The molecule has 0 amide bonds. The van der Waals surface area contributed by atoms with Crippen molar-refractivity contribution in [1.29, 1.82) is 0 Å². The van der Waals surface area contributed by atoms with Gasteiger partial charge in [0.1, 0.15) is 6.61 Å². The predicted octanol–water partition coefficient (Wildman–Crippen LogP) is 6.38. The van der Waals surface area contributed by atoms with Crippen LogP contribution in [0.3, 0.4) is 0 Å². The number of hydrogen-bond acceptors (Lipinski definition) is 5. The van der Waals surface area contributed by atoms with Crippen LogP contribution in [0.25, 0.3) is 6.08 Å². The molecule has 0 N–H and O–H groups in total. The van der Waals surface area contributed by atoms with E-state index in [1.54, 1.807) is 6.08 Å². The Bertz CT molecular complexity index is 1200. The van der Waals surface area contributed by atoms with E-state index >= 15 is 0 Å². The van der Waals surface area contributed by atoms with Gasteiger partial charge in [-0.1, -0.05) is 40.2 Å². The third kappa shape index (κ3) is 5.39. The minimum atomic E-state index is -0.481. The number of esters is 1. The number of halogens is 2. The van der Waals surface area contributed by atoms with Gasteiger partial charge in [-0.3, -0.25) is 0 Å². The molecule has 0 radical (unpaired) electrons. The zero-order valence-corrected chi connectivity index (χ0v) is 20.9. The Morgan fingerprint density at radius 2 is 1.81 bits per heavy atom. The lowest BCUT2D eigenvalue weighted by Crippen LogP contribution is -2.05. The van der Waals surface area contributed by atoms with Crippen molar-refractivity contribution in [2.24, 2.45) is 4.99 Å². The SMILES string of the molecule is CCOc1cc(/C=C2\N=C(c3ccc(I)cc3)OC2=O)ccc1OCc1ccccc1Br. The van der Waals surface area contributed by atoms with Crippen LogP contribution in [0.1, 0.15) is 23.6 Å². The van der Waals surface area contributed by atoms with Crippen molar-refractivity contribution in [3.63, 3.8) is 0 Å². The second kappa shape index (κ2) is 10.3. The van der Waals surface area contributed by atoms with Gasteiger partial charge in [0.25, 0.3) is 0 Å². The summed E-state index contributed by atoms with van der Waals surface area (Å²) in [5.74, 6) is 1.05. The normalized spacial score (nSPS) is 14.3. The van der Waals surface area contributed by atoms with E-state index in [0.717, 1.165) is 24.7 Å². The van der Waals surface area contributed by atoms with Gasteiger partial charge >= 0.3 is 5.97 Å². The summed E-state index contributed by atoms with van der Waals surface area (Å²) in [5.41, 5.74) is 2.80. The van der Waals surface area contributed by atoms with Crippen LogP contribution in [0, 0.1) is 3.57 Å². The van der Waals surface area contributed by atoms with E-state index in [9.17, 15) is 4.79 Å². The smallest absolute Gasteiger partial charge is 0.363 e. The van der Waals surface area contributed by atoms with Crippen molar-refractivity contribution in [3.8, 4) is 11.5 Å². The van der Waals surface area contributed by atoms with Gasteiger partial charge in [-0.2, -0.15) is 0 Å². The average molecular weight is 604 g/mol. The lowest BCUT2D eigenvalue weighted by molar-refractivity contribution is -0.129.